The highest BCUT2D eigenvalue weighted by Crippen LogP contribution is 2.41. The smallest absolute Gasteiger partial charge is 0.328 e. The van der Waals surface area contributed by atoms with Crippen molar-refractivity contribution in [1.82, 2.24) is 5.32 Å². The molecule has 12 heteroatoms. The summed E-state index contributed by atoms with van der Waals surface area (Å²) >= 11 is 0. The number of amides is 1. The third-order valence-electron chi connectivity index (χ3n) is 4.17. The Morgan fingerprint density at radius 2 is 1.56 bits per heavy atom. The largest absolute Gasteiger partial charge is 0.497 e. The Balaban J connectivity index is 2.50. The van der Waals surface area contributed by atoms with Gasteiger partial charge in [-0.05, 0) is 36.8 Å². The van der Waals surface area contributed by atoms with Crippen LogP contribution < -0.4 is 14.8 Å². The van der Waals surface area contributed by atoms with Gasteiger partial charge in [0.25, 0.3) is 5.75 Å². The zero-order valence-corrected chi connectivity index (χ0v) is 17.5. The molecule has 1 unspecified atom stereocenters. The second-order valence-electron chi connectivity index (χ2n) is 6.46. The van der Waals surface area contributed by atoms with E-state index in [0.717, 1.165) is 12.1 Å². The maximum atomic E-state index is 12.1. The van der Waals surface area contributed by atoms with Crippen molar-refractivity contribution in [2.24, 2.45) is 0 Å². The third-order valence-corrected chi connectivity index (χ3v) is 4.17. The van der Waals surface area contributed by atoms with Crippen molar-refractivity contribution in [1.29, 1.82) is 0 Å². The first-order valence-electron chi connectivity index (χ1n) is 9.37. The monoisotopic (exact) mass is 447 g/mol. The van der Waals surface area contributed by atoms with E-state index in [1.807, 2.05) is 0 Å². The lowest BCUT2D eigenvalue weighted by molar-refractivity contribution is -0.395. The minimum absolute atomic E-state index is 0.0455. The normalized spacial score (nSPS) is 11.2. The van der Waals surface area contributed by atoms with E-state index in [1.165, 1.54) is 38.3 Å². The summed E-state index contributed by atoms with van der Waals surface area (Å²) < 4.78 is 15.4. The molecule has 0 bridgehead atoms. The molecule has 0 aliphatic rings. The van der Waals surface area contributed by atoms with Crippen molar-refractivity contribution in [3.05, 3.63) is 62.2 Å². The number of hydrogen-bond acceptors (Lipinski definition) is 9. The maximum absolute atomic E-state index is 12.1. The van der Waals surface area contributed by atoms with Crippen LogP contribution in [-0.2, 0) is 20.7 Å². The molecule has 1 N–H and O–H groups in total. The van der Waals surface area contributed by atoms with Crippen LogP contribution in [0.5, 0.6) is 17.2 Å². The molecule has 1 amide bonds. The van der Waals surface area contributed by atoms with Gasteiger partial charge in [-0.1, -0.05) is 0 Å². The van der Waals surface area contributed by atoms with Gasteiger partial charge in [0, 0.05) is 25.5 Å². The van der Waals surface area contributed by atoms with Gasteiger partial charge in [-0.25, -0.2) is 4.79 Å². The van der Waals surface area contributed by atoms with Crippen LogP contribution in [0.3, 0.4) is 0 Å². The summed E-state index contributed by atoms with van der Waals surface area (Å²) in [5.41, 5.74) is -1.27. The highest BCUT2D eigenvalue weighted by atomic mass is 16.6. The van der Waals surface area contributed by atoms with Gasteiger partial charge in [0.05, 0.1) is 23.6 Å². The van der Waals surface area contributed by atoms with Gasteiger partial charge in [-0.3, -0.25) is 25.0 Å². The van der Waals surface area contributed by atoms with Crippen molar-refractivity contribution in [2.45, 2.75) is 26.3 Å². The Morgan fingerprint density at radius 3 is 2.00 bits per heavy atom. The van der Waals surface area contributed by atoms with Crippen LogP contribution >= 0.6 is 0 Å². The summed E-state index contributed by atoms with van der Waals surface area (Å²) in [6.07, 6.45) is -0.261. The minimum atomic E-state index is -1.18. The average Bonchev–Trinajstić information content (AvgIpc) is 2.74. The molecule has 170 valence electrons. The topological polar surface area (TPSA) is 160 Å². The van der Waals surface area contributed by atoms with E-state index in [2.05, 4.69) is 5.32 Å². The molecule has 0 aromatic heterocycles. The van der Waals surface area contributed by atoms with Crippen LogP contribution in [0.2, 0.25) is 0 Å². The number of esters is 1. The maximum Gasteiger partial charge on any atom is 0.328 e. The van der Waals surface area contributed by atoms with Crippen molar-refractivity contribution < 1.29 is 33.6 Å². The summed E-state index contributed by atoms with van der Waals surface area (Å²) in [5, 5.41) is 25.7. The molecule has 32 heavy (non-hydrogen) atoms. The zero-order valence-electron chi connectivity index (χ0n) is 17.5. The van der Waals surface area contributed by atoms with Gasteiger partial charge in [-0.15, -0.1) is 0 Å². The molecule has 0 heterocycles. The Hall–Kier alpha value is -4.22. The lowest BCUT2D eigenvalue weighted by Crippen LogP contribution is -2.42. The Bertz CT molecular complexity index is 986. The fourth-order valence-electron chi connectivity index (χ4n) is 2.83. The van der Waals surface area contributed by atoms with Crippen molar-refractivity contribution in [3.63, 3.8) is 0 Å². The summed E-state index contributed by atoms with van der Waals surface area (Å²) in [4.78, 5) is 45.3. The highest BCUT2D eigenvalue weighted by Gasteiger charge is 2.31. The predicted molar refractivity (Wildman–Crippen MR) is 111 cm³/mol. The number of benzene rings is 2. The quantitative estimate of drug-likeness (QED) is 0.328. The number of methoxy groups -OCH3 is 1. The molecular formula is C20H21N3O9. The number of carbonyl (C=O) groups excluding carboxylic acids is 2. The summed E-state index contributed by atoms with van der Waals surface area (Å²) in [6.45, 7) is 2.80. The number of rotatable bonds is 10. The summed E-state index contributed by atoms with van der Waals surface area (Å²) in [5.74, 6) is -1.26. The van der Waals surface area contributed by atoms with Gasteiger partial charge in [0.15, 0.2) is 0 Å². The molecule has 12 nitrogen and oxygen atoms in total. The lowest BCUT2D eigenvalue weighted by atomic mass is 10.0. The van der Waals surface area contributed by atoms with Gasteiger partial charge in [0.1, 0.15) is 17.5 Å². The molecule has 0 spiro atoms. The highest BCUT2D eigenvalue weighted by molar-refractivity contribution is 5.83. The molecule has 0 aliphatic carbocycles. The van der Waals surface area contributed by atoms with E-state index in [9.17, 15) is 29.8 Å². The van der Waals surface area contributed by atoms with Crippen LogP contribution in [0, 0.1) is 20.2 Å². The SMILES string of the molecule is CCOC(=O)C(Cc1cc([N+](=O)[O-])c(Oc2ccc(OC)cc2)c([N+](=O)[O-])c1)NC(C)=O. The number of hydrogen-bond donors (Lipinski definition) is 1. The van der Waals surface area contributed by atoms with Crippen LogP contribution in [0.4, 0.5) is 11.4 Å². The predicted octanol–water partition coefficient (Wildman–Crippen LogP) is 2.91. The molecular weight excluding hydrogens is 426 g/mol. The second kappa shape index (κ2) is 10.7. The van der Waals surface area contributed by atoms with Gasteiger partial charge in [-0.2, -0.15) is 0 Å². The number of nitrogens with zero attached hydrogens (tertiary/aromatic N) is 2. The van der Waals surface area contributed by atoms with Crippen LogP contribution in [0.15, 0.2) is 36.4 Å². The van der Waals surface area contributed by atoms with Gasteiger partial charge < -0.3 is 19.5 Å². The number of nitro benzene ring substituents is 2. The van der Waals surface area contributed by atoms with Gasteiger partial charge >= 0.3 is 17.3 Å². The van der Waals surface area contributed by atoms with E-state index in [1.54, 1.807) is 6.92 Å². The summed E-state index contributed by atoms with van der Waals surface area (Å²) in [6, 6.07) is 6.86. The van der Waals surface area contributed by atoms with Crippen LogP contribution in [0.25, 0.3) is 0 Å². The van der Waals surface area contributed by atoms with E-state index in [0.29, 0.717) is 5.75 Å². The lowest BCUT2D eigenvalue weighted by Gasteiger charge is -2.17. The Morgan fingerprint density at radius 1 is 1.03 bits per heavy atom. The van der Waals surface area contributed by atoms with E-state index in [-0.39, 0.29) is 24.3 Å². The Kier molecular flexibility index (Phi) is 8.04. The van der Waals surface area contributed by atoms with Gasteiger partial charge in [0.2, 0.25) is 5.91 Å². The minimum Gasteiger partial charge on any atom is -0.497 e. The summed E-state index contributed by atoms with van der Waals surface area (Å²) in [7, 11) is 1.45. The molecule has 2 aromatic carbocycles. The van der Waals surface area contributed by atoms with E-state index >= 15 is 0 Å². The molecule has 0 fully saturated rings. The molecule has 0 saturated heterocycles. The van der Waals surface area contributed by atoms with E-state index in [4.69, 9.17) is 14.2 Å². The molecule has 0 saturated carbocycles. The number of nitrogens with one attached hydrogen (secondary N) is 1. The van der Waals surface area contributed by atoms with E-state index < -0.39 is 44.9 Å². The van der Waals surface area contributed by atoms with Crippen LogP contribution in [0.1, 0.15) is 19.4 Å². The number of carbonyl (C=O) groups is 2. The fraction of sp³-hybridized carbons (Fsp3) is 0.300. The van der Waals surface area contributed by atoms with Crippen LogP contribution in [-0.4, -0.2) is 41.5 Å². The molecule has 0 aliphatic heterocycles. The molecule has 1 atom stereocenters. The zero-order chi connectivity index (χ0) is 23.8. The first-order valence-corrected chi connectivity index (χ1v) is 9.37. The first kappa shape index (κ1) is 24.1. The fourth-order valence-corrected chi connectivity index (χ4v) is 2.83. The standard InChI is InChI=1S/C20H21N3O9/c1-4-31-20(25)16(21-12(2)24)9-13-10-17(22(26)27)19(18(11-13)23(28)29)32-15-7-5-14(30-3)6-8-15/h5-8,10-11,16H,4,9H2,1-3H3,(H,21,24). The first-order chi connectivity index (χ1) is 15.2. The van der Waals surface area contributed by atoms with Crippen molar-refractivity contribution in [2.75, 3.05) is 13.7 Å². The Labute approximate surface area is 182 Å². The molecule has 0 radical (unpaired) electrons. The molecule has 2 rings (SSSR count). The third kappa shape index (κ3) is 6.14. The number of nitro groups is 2. The van der Waals surface area contributed by atoms with Crippen molar-refractivity contribution in [3.8, 4) is 17.2 Å². The molecule has 2 aromatic rings. The van der Waals surface area contributed by atoms with Crippen molar-refractivity contribution >= 4 is 23.3 Å². The second-order valence-corrected chi connectivity index (χ2v) is 6.46. The average molecular weight is 447 g/mol. The number of ether oxygens (including phenoxy) is 3.